The highest BCUT2D eigenvalue weighted by atomic mass is 19.4. The van der Waals surface area contributed by atoms with E-state index in [-0.39, 0.29) is 0 Å². The van der Waals surface area contributed by atoms with Crippen LogP contribution in [0.1, 0.15) is 11.5 Å². The molecule has 1 aromatic carbocycles. The van der Waals surface area contributed by atoms with E-state index in [1.165, 1.54) is 0 Å². The summed E-state index contributed by atoms with van der Waals surface area (Å²) in [5.74, 6) is 0.212. The van der Waals surface area contributed by atoms with Crippen LogP contribution in [-0.4, -0.2) is 51.0 Å². The Kier molecular flexibility index (Phi) is 6.56. The lowest BCUT2D eigenvalue weighted by atomic mass is 10.3. The summed E-state index contributed by atoms with van der Waals surface area (Å²) in [4.78, 5) is 21.1. The quantitative estimate of drug-likeness (QED) is 0.587. The zero-order valence-corrected chi connectivity index (χ0v) is 16.1. The van der Waals surface area contributed by atoms with Crippen LogP contribution in [0.4, 0.5) is 19.1 Å². The lowest BCUT2D eigenvalue weighted by molar-refractivity contribution is -0.192. The maximum Gasteiger partial charge on any atom is 0.490 e. The van der Waals surface area contributed by atoms with Crippen LogP contribution >= 0.6 is 0 Å². The maximum absolute atomic E-state index is 10.6. The van der Waals surface area contributed by atoms with Crippen molar-refractivity contribution in [2.45, 2.75) is 19.6 Å². The Balaban J connectivity index is 0.000000370. The van der Waals surface area contributed by atoms with E-state index in [2.05, 4.69) is 20.3 Å². The third-order valence-electron chi connectivity index (χ3n) is 3.74. The summed E-state index contributed by atoms with van der Waals surface area (Å²) in [5, 5.41) is 10.4. The van der Waals surface area contributed by atoms with Gasteiger partial charge in [-0.15, -0.1) is 0 Å². The number of carbonyl (C=O) groups is 1. The van der Waals surface area contributed by atoms with Crippen LogP contribution in [0.15, 0.2) is 18.3 Å². The number of aromatic nitrogens is 4. The van der Waals surface area contributed by atoms with Crippen molar-refractivity contribution >= 4 is 23.0 Å². The molecule has 0 atom stereocenters. The first-order valence-corrected chi connectivity index (χ1v) is 8.19. The molecule has 29 heavy (non-hydrogen) atoms. The summed E-state index contributed by atoms with van der Waals surface area (Å²) in [6.07, 6.45) is -3.09. The molecule has 0 bridgehead atoms. The molecular weight excluding hydrogens is 395 g/mol. The highest BCUT2D eigenvalue weighted by Gasteiger charge is 2.38. The Morgan fingerprint density at radius 2 is 1.83 bits per heavy atom. The van der Waals surface area contributed by atoms with E-state index in [9.17, 15) is 13.2 Å². The van der Waals surface area contributed by atoms with E-state index in [1.807, 2.05) is 36.9 Å². The molecule has 0 spiro atoms. The molecule has 0 amide bonds. The number of ether oxygens (including phenoxy) is 2. The number of aliphatic carboxylic acids is 1. The minimum Gasteiger partial charge on any atom is -0.493 e. The first-order chi connectivity index (χ1) is 13.5. The summed E-state index contributed by atoms with van der Waals surface area (Å²) in [5.41, 5.74) is 2.70. The van der Waals surface area contributed by atoms with Crippen LogP contribution in [0.5, 0.6) is 11.5 Å². The second kappa shape index (κ2) is 8.71. The van der Waals surface area contributed by atoms with Gasteiger partial charge in [-0.25, -0.2) is 14.8 Å². The summed E-state index contributed by atoms with van der Waals surface area (Å²) >= 11 is 0. The van der Waals surface area contributed by atoms with Gasteiger partial charge in [0.15, 0.2) is 11.5 Å². The summed E-state index contributed by atoms with van der Waals surface area (Å²) in [6, 6.07) is 3.72. The number of hydrogen-bond acceptors (Lipinski definition) is 6. The normalized spacial score (nSPS) is 11.0. The third-order valence-corrected chi connectivity index (χ3v) is 3.74. The van der Waals surface area contributed by atoms with Gasteiger partial charge in [0.05, 0.1) is 37.5 Å². The molecule has 3 aromatic rings. The number of nitrogens with one attached hydrogen (secondary N) is 2. The SMILES string of the molecule is COc1cc2nc(NCc3nc(C)cn3C)[nH]c2cc1OC.O=C(O)C(F)(F)F. The summed E-state index contributed by atoms with van der Waals surface area (Å²) in [7, 11) is 5.20. The Hall–Kier alpha value is -3.44. The highest BCUT2D eigenvalue weighted by Crippen LogP contribution is 2.31. The topological polar surface area (TPSA) is 114 Å². The molecule has 0 unspecified atom stereocenters. The zero-order valence-electron chi connectivity index (χ0n) is 16.1. The number of carboxylic acids is 1. The fraction of sp³-hybridized carbons (Fsp3) is 0.353. The van der Waals surface area contributed by atoms with Gasteiger partial charge in [0.1, 0.15) is 5.82 Å². The van der Waals surface area contributed by atoms with E-state index in [1.54, 1.807) is 14.2 Å². The Labute approximate surface area is 163 Å². The number of aromatic amines is 1. The first kappa shape index (κ1) is 21.9. The molecular formula is C17H20F3N5O4. The van der Waals surface area contributed by atoms with Gasteiger partial charge in [0.25, 0.3) is 0 Å². The molecule has 0 aliphatic heterocycles. The number of imidazole rings is 2. The molecule has 9 nitrogen and oxygen atoms in total. The Morgan fingerprint density at radius 3 is 2.31 bits per heavy atom. The number of aryl methyl sites for hydroxylation is 2. The Bertz CT molecular complexity index is 956. The lowest BCUT2D eigenvalue weighted by Crippen LogP contribution is -2.21. The number of nitrogens with zero attached hydrogens (tertiary/aromatic N) is 3. The number of alkyl halides is 3. The highest BCUT2D eigenvalue weighted by molar-refractivity contribution is 5.81. The van der Waals surface area contributed by atoms with E-state index in [0.717, 1.165) is 22.6 Å². The van der Waals surface area contributed by atoms with Crippen LogP contribution < -0.4 is 14.8 Å². The van der Waals surface area contributed by atoms with Crippen LogP contribution in [0.2, 0.25) is 0 Å². The van der Waals surface area contributed by atoms with Gasteiger partial charge in [-0.2, -0.15) is 13.2 Å². The van der Waals surface area contributed by atoms with Crippen LogP contribution in [0.3, 0.4) is 0 Å². The van der Waals surface area contributed by atoms with Gasteiger partial charge in [-0.3, -0.25) is 0 Å². The fourth-order valence-corrected chi connectivity index (χ4v) is 2.41. The number of carboxylic acid groups (broad SMARTS) is 1. The minimum absolute atomic E-state index is 0.596. The number of benzene rings is 1. The van der Waals surface area contributed by atoms with E-state index in [0.29, 0.717) is 24.0 Å². The molecule has 0 aliphatic rings. The van der Waals surface area contributed by atoms with Crippen molar-refractivity contribution in [3.63, 3.8) is 0 Å². The molecule has 3 N–H and O–H groups in total. The van der Waals surface area contributed by atoms with Crippen LogP contribution in [-0.2, 0) is 18.4 Å². The van der Waals surface area contributed by atoms with Crippen molar-refractivity contribution in [2.75, 3.05) is 19.5 Å². The van der Waals surface area contributed by atoms with Crippen LogP contribution in [0.25, 0.3) is 11.0 Å². The smallest absolute Gasteiger partial charge is 0.490 e. The van der Waals surface area contributed by atoms with E-state index in [4.69, 9.17) is 19.4 Å². The molecule has 3 rings (SSSR count). The lowest BCUT2D eigenvalue weighted by Gasteiger charge is -2.06. The zero-order chi connectivity index (χ0) is 21.8. The van der Waals surface area contributed by atoms with Gasteiger partial charge in [-0.1, -0.05) is 0 Å². The summed E-state index contributed by atoms with van der Waals surface area (Å²) in [6.45, 7) is 2.57. The monoisotopic (exact) mass is 415 g/mol. The Morgan fingerprint density at radius 1 is 1.24 bits per heavy atom. The number of hydrogen-bond donors (Lipinski definition) is 3. The van der Waals surface area contributed by atoms with Gasteiger partial charge in [0.2, 0.25) is 5.95 Å². The second-order valence-corrected chi connectivity index (χ2v) is 5.88. The van der Waals surface area contributed by atoms with Gasteiger partial charge < -0.3 is 29.4 Å². The fourth-order valence-electron chi connectivity index (χ4n) is 2.41. The molecule has 0 radical (unpaired) electrons. The number of halogens is 3. The molecule has 158 valence electrons. The second-order valence-electron chi connectivity index (χ2n) is 5.88. The molecule has 0 saturated carbocycles. The molecule has 2 heterocycles. The molecule has 0 fully saturated rings. The van der Waals surface area contributed by atoms with Crippen molar-refractivity contribution in [3.05, 3.63) is 29.8 Å². The average molecular weight is 415 g/mol. The van der Waals surface area contributed by atoms with Gasteiger partial charge in [0, 0.05) is 25.4 Å². The van der Waals surface area contributed by atoms with Crippen molar-refractivity contribution in [2.24, 2.45) is 7.05 Å². The summed E-state index contributed by atoms with van der Waals surface area (Å²) < 4.78 is 44.3. The number of fused-ring (bicyclic) bond motifs is 1. The molecule has 12 heteroatoms. The van der Waals surface area contributed by atoms with Gasteiger partial charge >= 0.3 is 12.1 Å². The number of methoxy groups -OCH3 is 2. The largest absolute Gasteiger partial charge is 0.493 e. The van der Waals surface area contributed by atoms with Crippen molar-refractivity contribution in [1.82, 2.24) is 19.5 Å². The maximum atomic E-state index is 10.6. The number of anilines is 1. The standard InChI is InChI=1S/C15H19N5O2.C2HF3O2/c1-9-8-20(2)14(17-9)7-16-15-18-10-5-12(21-3)13(22-4)6-11(10)19-15;3-2(4,5)1(6)7/h5-6,8H,7H2,1-4H3,(H2,16,18,19);(H,6,7). The minimum atomic E-state index is -5.08. The molecule has 2 aromatic heterocycles. The number of rotatable bonds is 5. The molecule has 0 saturated heterocycles. The number of H-pyrrole nitrogens is 1. The van der Waals surface area contributed by atoms with Crippen molar-refractivity contribution < 1.29 is 32.5 Å². The predicted molar refractivity (Wildman–Crippen MR) is 98.2 cm³/mol. The first-order valence-electron chi connectivity index (χ1n) is 8.19. The third kappa shape index (κ3) is 5.53. The van der Waals surface area contributed by atoms with Gasteiger partial charge in [-0.05, 0) is 6.92 Å². The van der Waals surface area contributed by atoms with Crippen molar-refractivity contribution in [3.8, 4) is 11.5 Å². The van der Waals surface area contributed by atoms with E-state index < -0.39 is 12.1 Å². The van der Waals surface area contributed by atoms with Crippen molar-refractivity contribution in [1.29, 1.82) is 0 Å². The average Bonchev–Trinajstić information content (AvgIpc) is 3.19. The van der Waals surface area contributed by atoms with Crippen LogP contribution in [0, 0.1) is 6.92 Å². The molecule has 0 aliphatic carbocycles. The van der Waals surface area contributed by atoms with E-state index >= 15 is 0 Å². The predicted octanol–water partition coefficient (Wildman–Crippen LogP) is 2.87.